The third-order valence-electron chi connectivity index (χ3n) is 1.85. The largest absolute Gasteiger partial charge is 0.399 e. The van der Waals surface area contributed by atoms with Gasteiger partial charge in [-0.2, -0.15) is 11.8 Å². The number of nitrogen functional groups attached to an aromatic ring is 1. The molecule has 0 unspecified atom stereocenters. The molecule has 0 atom stereocenters. The molecule has 0 bridgehead atoms. The molecule has 1 rings (SSSR count). The Morgan fingerprint density at radius 2 is 2.13 bits per heavy atom. The van der Waals surface area contributed by atoms with Crippen molar-refractivity contribution < 1.29 is 8.42 Å². The van der Waals surface area contributed by atoms with Gasteiger partial charge in [0, 0.05) is 11.4 Å². The Balaban J connectivity index is 3.05. The first kappa shape index (κ1) is 12.7. The van der Waals surface area contributed by atoms with Crippen LogP contribution in [0.15, 0.2) is 23.1 Å². The summed E-state index contributed by atoms with van der Waals surface area (Å²) in [5.41, 5.74) is 5.95. The molecule has 15 heavy (non-hydrogen) atoms. The van der Waals surface area contributed by atoms with Gasteiger partial charge in [-0.25, -0.2) is 8.42 Å². The summed E-state index contributed by atoms with van der Waals surface area (Å²) in [4.78, 5) is 0.160. The van der Waals surface area contributed by atoms with Crippen molar-refractivity contribution in [1.29, 1.82) is 0 Å². The van der Waals surface area contributed by atoms with Crippen LogP contribution >= 0.6 is 23.4 Å². The van der Waals surface area contributed by atoms with Crippen molar-refractivity contribution in [1.82, 2.24) is 0 Å². The molecule has 84 valence electrons. The SMILES string of the molecule is CSCCS(=O)(=O)c1ccc(N)cc1Cl. The number of nitrogens with two attached hydrogens (primary N) is 1. The quantitative estimate of drug-likeness (QED) is 0.847. The minimum absolute atomic E-state index is 0.0950. The van der Waals surface area contributed by atoms with Gasteiger partial charge in [-0.1, -0.05) is 11.6 Å². The fourth-order valence-corrected chi connectivity index (χ4v) is 4.01. The second kappa shape index (κ2) is 5.09. The summed E-state index contributed by atoms with van der Waals surface area (Å²) in [5, 5.41) is 0.191. The molecular weight excluding hydrogens is 254 g/mol. The smallest absolute Gasteiger partial charge is 0.180 e. The summed E-state index contributed by atoms with van der Waals surface area (Å²) in [5.74, 6) is 0.654. The maximum Gasteiger partial charge on any atom is 0.180 e. The van der Waals surface area contributed by atoms with Crippen LogP contribution in [0.2, 0.25) is 5.02 Å². The standard InChI is InChI=1S/C9H12ClNO2S2/c1-14-4-5-15(12,13)9-3-2-7(11)6-8(9)10/h2-3,6H,4-5,11H2,1H3. The fourth-order valence-electron chi connectivity index (χ4n) is 1.07. The first-order valence-corrected chi connectivity index (χ1v) is 7.66. The molecule has 0 spiro atoms. The van der Waals surface area contributed by atoms with E-state index in [1.165, 1.54) is 30.0 Å². The molecule has 0 amide bonds. The van der Waals surface area contributed by atoms with E-state index >= 15 is 0 Å². The van der Waals surface area contributed by atoms with Crippen molar-refractivity contribution in [2.45, 2.75) is 4.90 Å². The maximum atomic E-state index is 11.8. The van der Waals surface area contributed by atoms with Crippen molar-refractivity contribution in [2.75, 3.05) is 23.5 Å². The topological polar surface area (TPSA) is 60.2 Å². The molecule has 0 aliphatic heterocycles. The van der Waals surface area contributed by atoms with Crippen molar-refractivity contribution in [3.8, 4) is 0 Å². The average molecular weight is 266 g/mol. The third-order valence-corrected chi connectivity index (χ3v) is 4.91. The van der Waals surface area contributed by atoms with E-state index in [1.807, 2.05) is 6.26 Å². The predicted octanol–water partition coefficient (Wildman–Crippen LogP) is 2.06. The summed E-state index contributed by atoms with van der Waals surface area (Å²) in [6, 6.07) is 4.44. The van der Waals surface area contributed by atoms with Gasteiger partial charge < -0.3 is 5.73 Å². The zero-order valence-electron chi connectivity index (χ0n) is 8.23. The van der Waals surface area contributed by atoms with Gasteiger partial charge in [0.2, 0.25) is 0 Å². The van der Waals surface area contributed by atoms with Crippen LogP contribution in [0, 0.1) is 0 Å². The highest BCUT2D eigenvalue weighted by atomic mass is 35.5. The molecule has 0 aliphatic carbocycles. The van der Waals surface area contributed by atoms with Crippen molar-refractivity contribution >= 4 is 38.9 Å². The van der Waals surface area contributed by atoms with Crippen LogP contribution in [0.25, 0.3) is 0 Å². The van der Waals surface area contributed by atoms with Crippen molar-refractivity contribution in [2.24, 2.45) is 0 Å². The molecule has 3 nitrogen and oxygen atoms in total. The number of benzene rings is 1. The number of rotatable bonds is 4. The zero-order chi connectivity index (χ0) is 11.5. The Kier molecular flexibility index (Phi) is 4.31. The highest BCUT2D eigenvalue weighted by Gasteiger charge is 2.17. The summed E-state index contributed by atoms with van der Waals surface area (Å²) in [6.07, 6.45) is 1.86. The number of halogens is 1. The van der Waals surface area contributed by atoms with Crippen LogP contribution in [0.4, 0.5) is 5.69 Å². The van der Waals surface area contributed by atoms with E-state index in [0.29, 0.717) is 11.4 Å². The fraction of sp³-hybridized carbons (Fsp3) is 0.333. The van der Waals surface area contributed by atoms with Gasteiger partial charge in [-0.05, 0) is 24.5 Å². The number of sulfone groups is 1. The van der Waals surface area contributed by atoms with Crippen LogP contribution in [-0.4, -0.2) is 26.2 Å². The van der Waals surface area contributed by atoms with Gasteiger partial charge in [0.25, 0.3) is 0 Å². The molecule has 0 aromatic heterocycles. The Bertz CT molecular complexity index is 445. The van der Waals surface area contributed by atoms with E-state index in [9.17, 15) is 8.42 Å². The highest BCUT2D eigenvalue weighted by molar-refractivity contribution is 8.00. The van der Waals surface area contributed by atoms with Gasteiger partial charge in [0.1, 0.15) is 0 Å². The lowest BCUT2D eigenvalue weighted by atomic mass is 10.3. The summed E-state index contributed by atoms with van der Waals surface area (Å²) in [6.45, 7) is 0. The first-order chi connectivity index (χ1) is 6.97. The molecule has 0 heterocycles. The molecular formula is C9H12ClNO2S2. The second-order valence-corrected chi connectivity index (χ2v) is 6.47. The van der Waals surface area contributed by atoms with Crippen LogP contribution < -0.4 is 5.73 Å². The lowest BCUT2D eigenvalue weighted by molar-refractivity contribution is 0.597. The molecule has 0 saturated carbocycles. The summed E-state index contributed by atoms with van der Waals surface area (Å²) < 4.78 is 23.6. The number of hydrogen-bond donors (Lipinski definition) is 1. The molecule has 0 radical (unpaired) electrons. The first-order valence-electron chi connectivity index (χ1n) is 4.24. The van der Waals surface area contributed by atoms with Crippen molar-refractivity contribution in [3.63, 3.8) is 0 Å². The van der Waals surface area contributed by atoms with Gasteiger partial charge in [-0.15, -0.1) is 0 Å². The number of hydrogen-bond acceptors (Lipinski definition) is 4. The van der Waals surface area contributed by atoms with Crippen LogP contribution in [-0.2, 0) is 9.84 Å². The third kappa shape index (κ3) is 3.29. The Labute approximate surface area is 98.9 Å². The Hall–Kier alpha value is -0.390. The lowest BCUT2D eigenvalue weighted by Gasteiger charge is -2.06. The van der Waals surface area contributed by atoms with Crippen LogP contribution in [0.1, 0.15) is 0 Å². The van der Waals surface area contributed by atoms with E-state index in [0.717, 1.165) is 0 Å². The molecule has 1 aromatic rings. The Morgan fingerprint density at radius 1 is 1.47 bits per heavy atom. The van der Waals surface area contributed by atoms with Gasteiger partial charge >= 0.3 is 0 Å². The molecule has 6 heteroatoms. The minimum Gasteiger partial charge on any atom is -0.399 e. The molecule has 0 aliphatic rings. The normalized spacial score (nSPS) is 11.6. The van der Waals surface area contributed by atoms with E-state index in [-0.39, 0.29) is 15.7 Å². The summed E-state index contributed by atoms with van der Waals surface area (Å²) in [7, 11) is -3.28. The number of anilines is 1. The molecule has 2 N–H and O–H groups in total. The lowest BCUT2D eigenvalue weighted by Crippen LogP contribution is -2.09. The minimum atomic E-state index is -3.28. The monoisotopic (exact) mass is 265 g/mol. The second-order valence-electron chi connectivity index (χ2n) is 3.00. The summed E-state index contributed by atoms with van der Waals surface area (Å²) >= 11 is 7.31. The predicted molar refractivity (Wildman–Crippen MR) is 66.3 cm³/mol. The Morgan fingerprint density at radius 3 is 2.67 bits per heavy atom. The molecule has 1 aromatic carbocycles. The van der Waals surface area contributed by atoms with E-state index < -0.39 is 9.84 Å². The number of thioether (sulfide) groups is 1. The van der Waals surface area contributed by atoms with Gasteiger partial charge in [0.05, 0.1) is 15.7 Å². The average Bonchev–Trinajstić information content (AvgIpc) is 2.14. The van der Waals surface area contributed by atoms with E-state index in [4.69, 9.17) is 17.3 Å². The molecule has 0 saturated heterocycles. The van der Waals surface area contributed by atoms with Crippen LogP contribution in [0.5, 0.6) is 0 Å². The molecule has 0 fully saturated rings. The zero-order valence-corrected chi connectivity index (χ0v) is 10.6. The van der Waals surface area contributed by atoms with Gasteiger partial charge in [-0.3, -0.25) is 0 Å². The van der Waals surface area contributed by atoms with Crippen LogP contribution in [0.3, 0.4) is 0 Å². The highest BCUT2D eigenvalue weighted by Crippen LogP contribution is 2.24. The van der Waals surface area contributed by atoms with Crippen molar-refractivity contribution in [3.05, 3.63) is 23.2 Å². The van der Waals surface area contributed by atoms with E-state index in [2.05, 4.69) is 0 Å². The van der Waals surface area contributed by atoms with Gasteiger partial charge in [0.15, 0.2) is 9.84 Å². The maximum absolute atomic E-state index is 11.8. The van der Waals surface area contributed by atoms with E-state index in [1.54, 1.807) is 0 Å².